The first-order valence-electron chi connectivity index (χ1n) is 10.9. The minimum atomic E-state index is -3.32. The molecule has 192 valence electrons. The van der Waals surface area contributed by atoms with E-state index < -0.39 is 19.5 Å². The van der Waals surface area contributed by atoms with Gasteiger partial charge >= 0.3 is 5.97 Å². The quantitative estimate of drug-likeness (QED) is 0.119. The monoisotopic (exact) mass is 503 g/mol. The molecule has 4 N–H and O–H groups in total. The molecule has 2 atom stereocenters. The van der Waals surface area contributed by atoms with Gasteiger partial charge in [0.2, 0.25) is 19.3 Å². The zero-order valence-corrected chi connectivity index (χ0v) is 20.9. The van der Waals surface area contributed by atoms with Crippen molar-refractivity contribution in [3.63, 3.8) is 0 Å². The Morgan fingerprint density at radius 2 is 2.00 bits per heavy atom. The summed E-state index contributed by atoms with van der Waals surface area (Å²) in [6.45, 7) is 7.13. The molecule has 0 amide bonds. The molecule has 2 heterocycles. The van der Waals surface area contributed by atoms with Crippen LogP contribution in [0.3, 0.4) is 0 Å². The average Bonchev–Trinajstić information content (AvgIpc) is 3.21. The molecule has 0 aromatic carbocycles. The lowest BCUT2D eigenvalue weighted by atomic mass is 10.4. The summed E-state index contributed by atoms with van der Waals surface area (Å²) in [6.07, 6.45) is 1.40. The molecule has 0 bridgehead atoms. The van der Waals surface area contributed by atoms with E-state index >= 15 is 0 Å². The van der Waals surface area contributed by atoms with Crippen molar-refractivity contribution >= 4 is 30.5 Å². The van der Waals surface area contributed by atoms with Crippen molar-refractivity contribution in [3.05, 3.63) is 6.33 Å². The summed E-state index contributed by atoms with van der Waals surface area (Å²) < 4.78 is 41.4. The van der Waals surface area contributed by atoms with Crippen LogP contribution in [0, 0.1) is 0 Å². The van der Waals surface area contributed by atoms with Crippen molar-refractivity contribution < 1.29 is 33.0 Å². The number of carbonyl (C=O) groups excluding carboxylic acids is 1. The molecule has 2 aromatic rings. The summed E-state index contributed by atoms with van der Waals surface area (Å²) in [6, 6.07) is -0.795. The number of fused-ring (bicyclic) bond motifs is 1. The average molecular weight is 503 g/mol. The molecule has 2 rings (SSSR count). The number of aromatic nitrogens is 4. The van der Waals surface area contributed by atoms with Crippen molar-refractivity contribution in [2.75, 3.05) is 59.0 Å². The fraction of sp³-hybridized carbons (Fsp3) is 0.684. The van der Waals surface area contributed by atoms with E-state index in [1.807, 2.05) is 6.92 Å². The normalized spacial score (nSPS) is 14.1. The van der Waals surface area contributed by atoms with Crippen molar-refractivity contribution in [3.8, 4) is 5.88 Å². The van der Waals surface area contributed by atoms with Crippen LogP contribution in [0.4, 0.5) is 5.95 Å². The number of nitrogens with two attached hydrogens (primary N) is 1. The highest BCUT2D eigenvalue weighted by atomic mass is 31.2. The molecule has 1 unspecified atom stereocenters. The fourth-order valence-electron chi connectivity index (χ4n) is 2.86. The maximum Gasteiger partial charge on any atom is 0.323 e. The van der Waals surface area contributed by atoms with Crippen molar-refractivity contribution in [2.45, 2.75) is 33.4 Å². The number of hydrogen-bond donors (Lipinski definition) is 3. The third kappa shape index (κ3) is 8.46. The Kier molecular flexibility index (Phi) is 11.6. The third-order valence-corrected chi connectivity index (χ3v) is 6.50. The number of hydrogen-bond acceptors (Lipinski definition) is 11. The largest absolute Gasteiger partial charge is 0.479 e. The maximum atomic E-state index is 13.4. The van der Waals surface area contributed by atoms with E-state index in [2.05, 4.69) is 25.1 Å². The topological polar surface area (TPSA) is 174 Å². The first-order chi connectivity index (χ1) is 16.3. The van der Waals surface area contributed by atoms with Gasteiger partial charge in [0.15, 0.2) is 11.2 Å². The highest BCUT2D eigenvalue weighted by molar-refractivity contribution is 7.59. The molecule has 0 saturated heterocycles. The van der Waals surface area contributed by atoms with Crippen LogP contribution in [0.1, 0.15) is 20.8 Å². The summed E-state index contributed by atoms with van der Waals surface area (Å²) >= 11 is 0. The van der Waals surface area contributed by atoms with Crippen LogP contribution in [0.25, 0.3) is 11.2 Å². The van der Waals surface area contributed by atoms with Gasteiger partial charge in [0.05, 0.1) is 33.3 Å². The first kappa shape index (κ1) is 27.9. The van der Waals surface area contributed by atoms with E-state index in [0.717, 1.165) is 0 Å². The number of anilines is 1. The van der Waals surface area contributed by atoms with Crippen molar-refractivity contribution in [1.82, 2.24) is 29.7 Å². The molecular formula is C19H34N7O7P. The van der Waals surface area contributed by atoms with Gasteiger partial charge in [0.1, 0.15) is 19.2 Å². The lowest BCUT2D eigenvalue weighted by Crippen LogP contribution is -2.38. The molecule has 0 fully saturated rings. The van der Waals surface area contributed by atoms with E-state index in [-0.39, 0.29) is 51.3 Å². The van der Waals surface area contributed by atoms with E-state index in [9.17, 15) is 9.36 Å². The number of esters is 1. The summed E-state index contributed by atoms with van der Waals surface area (Å²) in [7, 11) is -1.85. The van der Waals surface area contributed by atoms with Crippen LogP contribution in [-0.4, -0.2) is 84.8 Å². The number of ether oxygens (including phenoxy) is 5. The second-order valence-corrected chi connectivity index (χ2v) is 9.32. The Hall–Kier alpha value is -2.35. The molecule has 14 nitrogen and oxygen atoms in total. The Morgan fingerprint density at radius 3 is 2.71 bits per heavy atom. The lowest BCUT2D eigenvalue weighted by Gasteiger charge is -2.24. The minimum Gasteiger partial charge on any atom is -0.479 e. The maximum absolute atomic E-state index is 13.4. The molecule has 0 spiro atoms. The van der Waals surface area contributed by atoms with Gasteiger partial charge < -0.3 is 34.0 Å². The van der Waals surface area contributed by atoms with Gasteiger partial charge in [-0.3, -0.25) is 14.4 Å². The summed E-state index contributed by atoms with van der Waals surface area (Å²) in [5.41, 5.74) is 6.70. The van der Waals surface area contributed by atoms with E-state index in [0.29, 0.717) is 24.3 Å². The molecular weight excluding hydrogens is 469 g/mol. The van der Waals surface area contributed by atoms with E-state index in [1.54, 1.807) is 24.7 Å². The Labute approximate surface area is 198 Å². The molecule has 0 saturated carbocycles. The van der Waals surface area contributed by atoms with Crippen LogP contribution in [0.5, 0.6) is 5.88 Å². The highest BCUT2D eigenvalue weighted by Crippen LogP contribution is 2.36. The zero-order valence-electron chi connectivity index (χ0n) is 20.0. The standard InChI is InChI=1S/C19H34N7O7P/c1-5-30-12-31-9-7-22-34(28,25-14(3)18(27)33-6-2)13-32-10-8-26-11-21-15-16(26)23-19(20)24-17(15)29-4/h11,14H,5-10,12-13H2,1-4H3,(H2,20,23,24)(H2,22,25,28)/t14-,34?/m0/s1. The third-order valence-electron chi connectivity index (χ3n) is 4.42. The zero-order chi connectivity index (χ0) is 25.0. The molecule has 15 heteroatoms. The van der Waals surface area contributed by atoms with Crippen LogP contribution in [-0.2, 0) is 34.9 Å². The second kappa shape index (κ2) is 14.1. The SMILES string of the molecule is CCOCOCCNP(=O)(COCCn1cnc2c(OC)nc(N)nc21)N[C@@H](C)C(=O)OCC. The van der Waals surface area contributed by atoms with Gasteiger partial charge in [-0.05, 0) is 20.8 Å². The molecule has 0 aliphatic carbocycles. The second-order valence-electron chi connectivity index (χ2n) is 7.01. The molecule has 34 heavy (non-hydrogen) atoms. The summed E-state index contributed by atoms with van der Waals surface area (Å²) in [4.78, 5) is 24.4. The molecule has 2 aromatic heterocycles. The van der Waals surface area contributed by atoms with Gasteiger partial charge in [0.25, 0.3) is 0 Å². The van der Waals surface area contributed by atoms with Gasteiger partial charge in [-0.2, -0.15) is 9.97 Å². The Morgan fingerprint density at radius 1 is 1.21 bits per heavy atom. The van der Waals surface area contributed by atoms with Gasteiger partial charge in [-0.15, -0.1) is 0 Å². The van der Waals surface area contributed by atoms with Crippen LogP contribution < -0.4 is 20.6 Å². The summed E-state index contributed by atoms with van der Waals surface area (Å²) in [5, 5.41) is 5.72. The lowest BCUT2D eigenvalue weighted by molar-refractivity contribution is -0.144. The molecule has 0 aliphatic heterocycles. The smallest absolute Gasteiger partial charge is 0.323 e. The van der Waals surface area contributed by atoms with Crippen LogP contribution >= 0.6 is 7.44 Å². The number of nitrogens with one attached hydrogen (secondary N) is 2. The molecule has 0 radical (unpaired) electrons. The number of rotatable bonds is 17. The van der Waals surface area contributed by atoms with Gasteiger partial charge in [0, 0.05) is 19.7 Å². The predicted molar refractivity (Wildman–Crippen MR) is 124 cm³/mol. The Bertz CT molecular complexity index is 958. The first-order valence-corrected chi connectivity index (χ1v) is 12.8. The van der Waals surface area contributed by atoms with Gasteiger partial charge in [-0.1, -0.05) is 0 Å². The highest BCUT2D eigenvalue weighted by Gasteiger charge is 2.28. The van der Waals surface area contributed by atoms with E-state index in [1.165, 1.54) is 7.11 Å². The predicted octanol–water partition coefficient (Wildman–Crippen LogP) is 0.726. The van der Waals surface area contributed by atoms with E-state index in [4.69, 9.17) is 29.4 Å². The number of carbonyl (C=O) groups is 1. The molecule has 0 aliphatic rings. The number of nitrogens with zero attached hydrogens (tertiary/aromatic N) is 4. The van der Waals surface area contributed by atoms with Crippen LogP contribution in [0.15, 0.2) is 6.33 Å². The number of nitrogen functional groups attached to an aromatic ring is 1. The minimum absolute atomic E-state index is 0.0597. The van der Waals surface area contributed by atoms with Crippen LogP contribution in [0.2, 0.25) is 0 Å². The Balaban J connectivity index is 1.95. The van der Waals surface area contributed by atoms with Crippen molar-refractivity contribution in [2.24, 2.45) is 0 Å². The van der Waals surface area contributed by atoms with Gasteiger partial charge in [-0.25, -0.2) is 10.1 Å². The number of imidazole rings is 1. The fourth-order valence-corrected chi connectivity index (χ4v) is 4.68. The summed E-state index contributed by atoms with van der Waals surface area (Å²) in [5.74, 6) is -0.169. The van der Waals surface area contributed by atoms with Crippen molar-refractivity contribution in [1.29, 1.82) is 0 Å². The number of methoxy groups -OCH3 is 1.